The van der Waals surface area contributed by atoms with Crippen LogP contribution in [0.25, 0.3) is 11.4 Å². The summed E-state index contributed by atoms with van der Waals surface area (Å²) in [4.78, 5) is 9.18. The van der Waals surface area contributed by atoms with Gasteiger partial charge < -0.3 is 10.1 Å². The van der Waals surface area contributed by atoms with Gasteiger partial charge >= 0.3 is 0 Å². The first kappa shape index (κ1) is 14.3. The molecule has 0 atom stereocenters. The molecule has 0 saturated carbocycles. The Bertz CT molecular complexity index is 552. The lowest BCUT2D eigenvalue weighted by Crippen LogP contribution is -2.05. The van der Waals surface area contributed by atoms with Gasteiger partial charge in [0.15, 0.2) is 5.82 Å². The highest BCUT2D eigenvalue weighted by Gasteiger charge is 2.06. The molecule has 1 aromatic heterocycles. The van der Waals surface area contributed by atoms with Gasteiger partial charge in [0.2, 0.25) is 0 Å². The summed E-state index contributed by atoms with van der Waals surface area (Å²) in [6.07, 6.45) is 1.97. The van der Waals surface area contributed by atoms with Gasteiger partial charge in [0.1, 0.15) is 11.6 Å². The van der Waals surface area contributed by atoms with Gasteiger partial charge in [-0.15, -0.1) is 0 Å². The predicted octanol–water partition coefficient (Wildman–Crippen LogP) is 3.54. The molecule has 0 aliphatic heterocycles. The molecule has 0 saturated heterocycles. The van der Waals surface area contributed by atoms with E-state index >= 15 is 0 Å². The number of anilines is 1. The Kier molecular flexibility index (Phi) is 4.93. The molecule has 0 aliphatic rings. The molecule has 0 spiro atoms. The van der Waals surface area contributed by atoms with Gasteiger partial charge in [0, 0.05) is 23.9 Å². The van der Waals surface area contributed by atoms with Crippen molar-refractivity contribution in [3.63, 3.8) is 0 Å². The van der Waals surface area contributed by atoms with Crippen LogP contribution in [0.5, 0.6) is 5.75 Å². The summed E-state index contributed by atoms with van der Waals surface area (Å²) in [5.74, 6) is 2.49. The highest BCUT2D eigenvalue weighted by molar-refractivity contribution is 5.58. The Balaban J connectivity index is 2.33. The molecule has 0 amide bonds. The molecule has 2 rings (SSSR count). The zero-order valence-electron chi connectivity index (χ0n) is 12.3. The van der Waals surface area contributed by atoms with E-state index in [1.54, 1.807) is 7.11 Å². The maximum Gasteiger partial charge on any atom is 0.161 e. The Labute approximate surface area is 120 Å². The largest absolute Gasteiger partial charge is 0.497 e. The quantitative estimate of drug-likeness (QED) is 0.873. The van der Waals surface area contributed by atoms with Crippen LogP contribution in [0.3, 0.4) is 0 Å². The van der Waals surface area contributed by atoms with Crippen LogP contribution in [0.2, 0.25) is 0 Å². The van der Waals surface area contributed by atoms with E-state index in [0.717, 1.165) is 48.0 Å². The standard InChI is InChI=1S/C16H21N3O/c1-4-10-17-15-11-13(5-2)18-16(19-15)12-6-8-14(20-3)9-7-12/h6-9,11H,4-5,10H2,1-3H3,(H,17,18,19). The van der Waals surface area contributed by atoms with Gasteiger partial charge in [0.05, 0.1) is 7.11 Å². The van der Waals surface area contributed by atoms with Crippen molar-refractivity contribution in [3.8, 4) is 17.1 Å². The van der Waals surface area contributed by atoms with Crippen molar-refractivity contribution in [1.29, 1.82) is 0 Å². The Morgan fingerprint density at radius 2 is 1.85 bits per heavy atom. The second kappa shape index (κ2) is 6.89. The monoisotopic (exact) mass is 271 g/mol. The number of aromatic nitrogens is 2. The summed E-state index contributed by atoms with van der Waals surface area (Å²) in [6, 6.07) is 9.84. The normalized spacial score (nSPS) is 10.3. The highest BCUT2D eigenvalue weighted by Crippen LogP contribution is 2.21. The van der Waals surface area contributed by atoms with E-state index in [4.69, 9.17) is 4.74 Å². The van der Waals surface area contributed by atoms with E-state index in [0.29, 0.717) is 0 Å². The van der Waals surface area contributed by atoms with Crippen LogP contribution in [0.4, 0.5) is 5.82 Å². The summed E-state index contributed by atoms with van der Waals surface area (Å²) in [6.45, 7) is 5.16. The second-order valence-corrected chi connectivity index (χ2v) is 4.58. The molecule has 1 heterocycles. The van der Waals surface area contributed by atoms with Crippen molar-refractivity contribution in [2.45, 2.75) is 26.7 Å². The van der Waals surface area contributed by atoms with E-state index in [9.17, 15) is 0 Å². The molecule has 4 nitrogen and oxygen atoms in total. The molecule has 1 aromatic carbocycles. The summed E-state index contributed by atoms with van der Waals surface area (Å²) < 4.78 is 5.17. The Morgan fingerprint density at radius 1 is 1.10 bits per heavy atom. The second-order valence-electron chi connectivity index (χ2n) is 4.58. The fourth-order valence-electron chi connectivity index (χ4n) is 1.89. The number of ether oxygens (including phenoxy) is 1. The minimum atomic E-state index is 0.755. The zero-order chi connectivity index (χ0) is 14.4. The number of rotatable bonds is 6. The van der Waals surface area contributed by atoms with Crippen LogP contribution < -0.4 is 10.1 Å². The summed E-state index contributed by atoms with van der Waals surface area (Å²) in [5, 5.41) is 3.33. The maximum atomic E-state index is 5.17. The summed E-state index contributed by atoms with van der Waals surface area (Å²) in [5.41, 5.74) is 2.05. The molecule has 0 unspecified atom stereocenters. The highest BCUT2D eigenvalue weighted by atomic mass is 16.5. The predicted molar refractivity (Wildman–Crippen MR) is 82.2 cm³/mol. The van der Waals surface area contributed by atoms with Crippen molar-refractivity contribution >= 4 is 5.82 Å². The number of hydrogen-bond donors (Lipinski definition) is 1. The Morgan fingerprint density at radius 3 is 2.45 bits per heavy atom. The van der Waals surface area contributed by atoms with E-state index in [2.05, 4.69) is 29.1 Å². The lowest BCUT2D eigenvalue weighted by Gasteiger charge is -2.09. The van der Waals surface area contributed by atoms with Crippen molar-refractivity contribution in [1.82, 2.24) is 9.97 Å². The van der Waals surface area contributed by atoms with Crippen LogP contribution in [0.1, 0.15) is 26.0 Å². The first-order valence-electron chi connectivity index (χ1n) is 7.03. The number of nitrogens with one attached hydrogen (secondary N) is 1. The number of hydrogen-bond acceptors (Lipinski definition) is 4. The molecule has 1 N–H and O–H groups in total. The average Bonchev–Trinajstić information content (AvgIpc) is 2.52. The van der Waals surface area contributed by atoms with E-state index in [-0.39, 0.29) is 0 Å². The third-order valence-electron chi connectivity index (χ3n) is 3.05. The number of methoxy groups -OCH3 is 1. The van der Waals surface area contributed by atoms with Gasteiger partial charge in [-0.2, -0.15) is 0 Å². The Hall–Kier alpha value is -2.10. The fourth-order valence-corrected chi connectivity index (χ4v) is 1.89. The van der Waals surface area contributed by atoms with Crippen LogP contribution in [-0.2, 0) is 6.42 Å². The molecule has 0 fully saturated rings. The number of benzene rings is 1. The summed E-state index contributed by atoms with van der Waals surface area (Å²) in [7, 11) is 1.66. The smallest absolute Gasteiger partial charge is 0.161 e. The maximum absolute atomic E-state index is 5.17. The zero-order valence-corrected chi connectivity index (χ0v) is 12.3. The van der Waals surface area contributed by atoms with Gasteiger partial charge in [-0.25, -0.2) is 9.97 Å². The molecular formula is C16H21N3O. The third kappa shape index (κ3) is 3.47. The van der Waals surface area contributed by atoms with Crippen molar-refractivity contribution < 1.29 is 4.74 Å². The van der Waals surface area contributed by atoms with E-state index < -0.39 is 0 Å². The lowest BCUT2D eigenvalue weighted by molar-refractivity contribution is 0.415. The molecule has 4 heteroatoms. The van der Waals surface area contributed by atoms with Crippen molar-refractivity contribution in [2.24, 2.45) is 0 Å². The van der Waals surface area contributed by atoms with Crippen molar-refractivity contribution in [3.05, 3.63) is 36.0 Å². The van der Waals surface area contributed by atoms with Gasteiger partial charge in [-0.1, -0.05) is 13.8 Å². The van der Waals surface area contributed by atoms with Gasteiger partial charge in [-0.05, 0) is 37.1 Å². The van der Waals surface area contributed by atoms with Crippen LogP contribution >= 0.6 is 0 Å². The average molecular weight is 271 g/mol. The molecule has 0 bridgehead atoms. The van der Waals surface area contributed by atoms with E-state index in [1.807, 2.05) is 30.3 Å². The fraction of sp³-hybridized carbons (Fsp3) is 0.375. The minimum Gasteiger partial charge on any atom is -0.497 e. The van der Waals surface area contributed by atoms with Crippen LogP contribution in [-0.4, -0.2) is 23.6 Å². The third-order valence-corrected chi connectivity index (χ3v) is 3.05. The van der Waals surface area contributed by atoms with Crippen LogP contribution in [0, 0.1) is 0 Å². The molecular weight excluding hydrogens is 250 g/mol. The van der Waals surface area contributed by atoms with E-state index in [1.165, 1.54) is 0 Å². The van der Waals surface area contributed by atoms with Crippen molar-refractivity contribution in [2.75, 3.05) is 19.0 Å². The molecule has 106 valence electrons. The molecule has 0 radical (unpaired) electrons. The molecule has 20 heavy (non-hydrogen) atoms. The van der Waals surface area contributed by atoms with Crippen LogP contribution in [0.15, 0.2) is 30.3 Å². The minimum absolute atomic E-state index is 0.755. The lowest BCUT2D eigenvalue weighted by atomic mass is 10.2. The topological polar surface area (TPSA) is 47.0 Å². The first-order chi connectivity index (χ1) is 9.76. The van der Waals surface area contributed by atoms with Gasteiger partial charge in [0.25, 0.3) is 0 Å². The SMILES string of the molecule is CCCNc1cc(CC)nc(-c2ccc(OC)cc2)n1. The van der Waals surface area contributed by atoms with Gasteiger partial charge in [-0.3, -0.25) is 0 Å². The molecule has 0 aliphatic carbocycles. The first-order valence-corrected chi connectivity index (χ1v) is 7.03. The number of aryl methyl sites for hydroxylation is 1. The number of nitrogens with zero attached hydrogens (tertiary/aromatic N) is 2. The molecule has 2 aromatic rings. The summed E-state index contributed by atoms with van der Waals surface area (Å²) >= 11 is 0.